The Morgan fingerprint density at radius 2 is 1.68 bits per heavy atom. The standard InChI is InChI=1S/C17H27F3O2/c1-3-12-10-11-15(4-2,13-8-6-5-7-9-13)16(18,14(21)22)17(12,19)20/h12-13H,3-11H2,1-2H3,(H,21,22)/t12-,15?,16+/m0/s1. The van der Waals surface area contributed by atoms with Gasteiger partial charge in [-0.25, -0.2) is 18.0 Å². The Balaban J connectivity index is 2.53. The largest absolute Gasteiger partial charge is 0.479 e. The fraction of sp³-hybridized carbons (Fsp3) is 0.941. The Hall–Kier alpha value is -0.740. The van der Waals surface area contributed by atoms with Crippen LogP contribution in [0.25, 0.3) is 0 Å². The topological polar surface area (TPSA) is 37.3 Å². The molecule has 2 aliphatic carbocycles. The van der Waals surface area contributed by atoms with E-state index in [1.165, 1.54) is 0 Å². The van der Waals surface area contributed by atoms with Crippen molar-refractivity contribution in [3.05, 3.63) is 0 Å². The van der Waals surface area contributed by atoms with Crippen molar-refractivity contribution in [1.29, 1.82) is 0 Å². The van der Waals surface area contributed by atoms with Gasteiger partial charge in [0.25, 0.3) is 11.6 Å². The summed E-state index contributed by atoms with van der Waals surface area (Å²) in [6.07, 6.45) is 4.85. The average molecular weight is 320 g/mol. The van der Waals surface area contributed by atoms with Crippen molar-refractivity contribution in [3.63, 3.8) is 0 Å². The molecule has 0 aromatic rings. The number of rotatable bonds is 4. The quantitative estimate of drug-likeness (QED) is 0.772. The Kier molecular flexibility index (Phi) is 4.84. The van der Waals surface area contributed by atoms with E-state index in [0.717, 1.165) is 19.3 Å². The van der Waals surface area contributed by atoms with Gasteiger partial charge in [-0.1, -0.05) is 33.1 Å². The van der Waals surface area contributed by atoms with Crippen LogP contribution in [0.2, 0.25) is 0 Å². The van der Waals surface area contributed by atoms with E-state index in [9.17, 15) is 18.7 Å². The Morgan fingerprint density at radius 1 is 1.09 bits per heavy atom. The zero-order valence-corrected chi connectivity index (χ0v) is 13.5. The van der Waals surface area contributed by atoms with Crippen LogP contribution < -0.4 is 0 Å². The minimum absolute atomic E-state index is 0.108. The van der Waals surface area contributed by atoms with E-state index in [0.29, 0.717) is 12.8 Å². The molecule has 0 spiro atoms. The summed E-state index contributed by atoms with van der Waals surface area (Å²) in [6, 6.07) is 0. The van der Waals surface area contributed by atoms with Gasteiger partial charge in [0.15, 0.2) is 0 Å². The predicted molar refractivity (Wildman–Crippen MR) is 78.7 cm³/mol. The number of aliphatic carboxylic acids is 1. The molecule has 3 atom stereocenters. The van der Waals surface area contributed by atoms with Crippen molar-refractivity contribution in [2.24, 2.45) is 17.3 Å². The van der Waals surface area contributed by atoms with Crippen LogP contribution in [0.4, 0.5) is 13.2 Å². The number of hydrogen-bond donors (Lipinski definition) is 1. The molecule has 0 amide bonds. The number of carboxylic acid groups (broad SMARTS) is 1. The van der Waals surface area contributed by atoms with Crippen molar-refractivity contribution in [3.8, 4) is 0 Å². The first kappa shape index (κ1) is 17.6. The molecule has 2 saturated carbocycles. The number of carboxylic acids is 1. The number of hydrogen-bond acceptors (Lipinski definition) is 1. The minimum Gasteiger partial charge on any atom is -0.479 e. The summed E-state index contributed by atoms with van der Waals surface area (Å²) < 4.78 is 45.4. The lowest BCUT2D eigenvalue weighted by molar-refractivity contribution is -0.268. The Morgan fingerprint density at radius 3 is 2.14 bits per heavy atom. The average Bonchev–Trinajstić information content (AvgIpc) is 2.50. The van der Waals surface area contributed by atoms with Crippen LogP contribution in [-0.4, -0.2) is 22.7 Å². The molecule has 2 nitrogen and oxygen atoms in total. The minimum atomic E-state index is -3.81. The third-order valence-electron chi connectivity index (χ3n) is 6.40. The smallest absolute Gasteiger partial charge is 0.348 e. The molecule has 0 radical (unpaired) electrons. The molecular formula is C17H27F3O2. The molecule has 1 unspecified atom stereocenters. The molecular weight excluding hydrogens is 293 g/mol. The Labute approximate surface area is 130 Å². The van der Waals surface area contributed by atoms with Gasteiger partial charge in [0.05, 0.1) is 0 Å². The van der Waals surface area contributed by atoms with E-state index in [2.05, 4.69) is 0 Å². The number of alkyl halides is 3. The van der Waals surface area contributed by atoms with Gasteiger partial charge in [-0.15, -0.1) is 0 Å². The fourth-order valence-corrected chi connectivity index (χ4v) is 5.06. The van der Waals surface area contributed by atoms with E-state index < -0.39 is 28.9 Å². The van der Waals surface area contributed by atoms with E-state index in [4.69, 9.17) is 0 Å². The van der Waals surface area contributed by atoms with E-state index in [1.807, 2.05) is 0 Å². The summed E-state index contributed by atoms with van der Waals surface area (Å²) in [5, 5.41) is 9.49. The number of halogens is 3. The van der Waals surface area contributed by atoms with Gasteiger partial charge >= 0.3 is 5.97 Å². The highest BCUT2D eigenvalue weighted by Crippen LogP contribution is 2.64. The summed E-state index contributed by atoms with van der Waals surface area (Å²) in [5.74, 6) is -7.21. The van der Waals surface area contributed by atoms with Crippen LogP contribution in [0.3, 0.4) is 0 Å². The van der Waals surface area contributed by atoms with Gasteiger partial charge in [0.1, 0.15) is 0 Å². The molecule has 0 heterocycles. The monoisotopic (exact) mass is 320 g/mol. The molecule has 0 aliphatic heterocycles. The number of carbonyl (C=O) groups is 1. The van der Waals surface area contributed by atoms with Crippen molar-refractivity contribution in [2.75, 3.05) is 0 Å². The maximum atomic E-state index is 15.7. The molecule has 128 valence electrons. The van der Waals surface area contributed by atoms with Gasteiger partial charge in [-0.2, -0.15) is 0 Å². The van der Waals surface area contributed by atoms with E-state index in [1.54, 1.807) is 13.8 Å². The zero-order chi connectivity index (χ0) is 16.6. The molecule has 0 saturated heterocycles. The highest BCUT2D eigenvalue weighted by atomic mass is 19.3. The third kappa shape index (κ3) is 2.18. The lowest BCUT2D eigenvalue weighted by Crippen LogP contribution is -2.69. The molecule has 2 aliphatic rings. The van der Waals surface area contributed by atoms with Gasteiger partial charge in [-0.05, 0) is 44.4 Å². The van der Waals surface area contributed by atoms with Crippen molar-refractivity contribution >= 4 is 5.97 Å². The van der Waals surface area contributed by atoms with Crippen LogP contribution in [0.15, 0.2) is 0 Å². The highest BCUT2D eigenvalue weighted by Gasteiger charge is 2.76. The predicted octanol–water partition coefficient (Wildman–Crippen LogP) is 5.21. The van der Waals surface area contributed by atoms with Gasteiger partial charge in [0.2, 0.25) is 0 Å². The fourth-order valence-electron chi connectivity index (χ4n) is 5.06. The van der Waals surface area contributed by atoms with Gasteiger partial charge < -0.3 is 5.11 Å². The summed E-state index contributed by atoms with van der Waals surface area (Å²) in [5.41, 5.74) is -4.88. The summed E-state index contributed by atoms with van der Waals surface area (Å²) in [7, 11) is 0. The lowest BCUT2D eigenvalue weighted by Gasteiger charge is -2.56. The maximum absolute atomic E-state index is 15.7. The van der Waals surface area contributed by atoms with Crippen LogP contribution in [0.5, 0.6) is 0 Å². The van der Waals surface area contributed by atoms with Gasteiger partial charge in [0, 0.05) is 11.3 Å². The SMILES string of the molecule is CC[C@H]1CCC(CC)(C2CCCCC2)[C@](F)(C(=O)O)C1(F)F. The molecule has 2 rings (SSSR count). The first-order valence-electron chi connectivity index (χ1n) is 8.58. The molecule has 1 N–H and O–H groups in total. The van der Waals surface area contributed by atoms with Crippen LogP contribution in [0, 0.1) is 17.3 Å². The summed E-state index contributed by atoms with van der Waals surface area (Å²) >= 11 is 0. The molecule has 0 aromatic carbocycles. The lowest BCUT2D eigenvalue weighted by atomic mass is 9.50. The second-order valence-electron chi connectivity index (χ2n) is 7.08. The summed E-state index contributed by atoms with van der Waals surface area (Å²) in [6.45, 7) is 3.26. The third-order valence-corrected chi connectivity index (χ3v) is 6.40. The van der Waals surface area contributed by atoms with E-state index >= 15 is 4.39 Å². The van der Waals surface area contributed by atoms with Crippen molar-refractivity contribution in [2.45, 2.75) is 83.2 Å². The van der Waals surface area contributed by atoms with Crippen LogP contribution in [-0.2, 0) is 4.79 Å². The first-order valence-corrected chi connectivity index (χ1v) is 8.58. The molecule has 22 heavy (non-hydrogen) atoms. The van der Waals surface area contributed by atoms with Crippen LogP contribution in [0.1, 0.15) is 71.6 Å². The molecule has 5 heteroatoms. The maximum Gasteiger partial charge on any atom is 0.348 e. The van der Waals surface area contributed by atoms with Crippen LogP contribution >= 0.6 is 0 Å². The van der Waals surface area contributed by atoms with Gasteiger partial charge in [-0.3, -0.25) is 0 Å². The second-order valence-corrected chi connectivity index (χ2v) is 7.08. The summed E-state index contributed by atoms with van der Waals surface area (Å²) in [4.78, 5) is 11.7. The molecule has 0 aromatic heterocycles. The Bertz CT molecular complexity index is 420. The van der Waals surface area contributed by atoms with E-state index in [-0.39, 0.29) is 31.6 Å². The first-order chi connectivity index (χ1) is 10.3. The molecule has 0 bridgehead atoms. The normalized spacial score (nSPS) is 39.6. The van der Waals surface area contributed by atoms with Crippen molar-refractivity contribution in [1.82, 2.24) is 0 Å². The zero-order valence-electron chi connectivity index (χ0n) is 13.5. The molecule has 2 fully saturated rings. The highest BCUT2D eigenvalue weighted by molar-refractivity contribution is 5.80. The second kappa shape index (κ2) is 6.04. The van der Waals surface area contributed by atoms with Crippen molar-refractivity contribution < 1.29 is 23.1 Å².